The Morgan fingerprint density at radius 3 is 2.73 bits per heavy atom. The van der Waals surface area contributed by atoms with Crippen LogP contribution in [0.25, 0.3) is 0 Å². The van der Waals surface area contributed by atoms with E-state index in [1.54, 1.807) is 0 Å². The number of hydrogen-bond acceptors (Lipinski definition) is 6. The van der Waals surface area contributed by atoms with E-state index in [1.807, 2.05) is 24.1 Å². The minimum atomic E-state index is -3.36. The summed E-state index contributed by atoms with van der Waals surface area (Å²) in [5.41, 5.74) is 3.05. The Labute approximate surface area is 155 Å². The van der Waals surface area contributed by atoms with E-state index in [0.29, 0.717) is 18.2 Å². The van der Waals surface area contributed by atoms with Crippen LogP contribution < -0.4 is 10.2 Å². The van der Waals surface area contributed by atoms with Crippen molar-refractivity contribution in [1.29, 1.82) is 0 Å². The van der Waals surface area contributed by atoms with Crippen LogP contribution in [0.4, 0.5) is 5.95 Å². The fourth-order valence-electron chi connectivity index (χ4n) is 3.34. The maximum Gasteiger partial charge on any atom is 0.225 e. The number of aromatic nitrogens is 2. The monoisotopic (exact) mass is 374 g/mol. The van der Waals surface area contributed by atoms with Gasteiger partial charge in [-0.05, 0) is 37.4 Å². The van der Waals surface area contributed by atoms with Crippen molar-refractivity contribution in [2.24, 2.45) is 0 Å². The number of nitrogens with one attached hydrogen (secondary N) is 1. The average molecular weight is 375 g/mol. The van der Waals surface area contributed by atoms with Crippen LogP contribution in [-0.2, 0) is 16.4 Å². The van der Waals surface area contributed by atoms with Crippen LogP contribution in [0.3, 0.4) is 0 Å². The molecule has 1 aliphatic rings. The van der Waals surface area contributed by atoms with Crippen molar-refractivity contribution in [2.45, 2.75) is 37.1 Å². The molecule has 1 aromatic carbocycles. The Balaban J connectivity index is 1.94. The lowest BCUT2D eigenvalue weighted by molar-refractivity contribution is 0.447. The molecule has 1 aliphatic heterocycles. The number of nitrogens with zero attached hydrogens (tertiary/aromatic N) is 3. The van der Waals surface area contributed by atoms with Crippen molar-refractivity contribution in [1.82, 2.24) is 15.3 Å². The van der Waals surface area contributed by atoms with Gasteiger partial charge < -0.3 is 10.2 Å². The van der Waals surface area contributed by atoms with Crippen molar-refractivity contribution in [3.63, 3.8) is 0 Å². The molecule has 2 aromatic rings. The molecule has 26 heavy (non-hydrogen) atoms. The number of anilines is 1. The molecule has 1 saturated heterocycles. The normalized spacial score (nSPS) is 17.9. The van der Waals surface area contributed by atoms with E-state index < -0.39 is 9.84 Å². The van der Waals surface area contributed by atoms with Crippen LogP contribution in [0.5, 0.6) is 0 Å². The second kappa shape index (κ2) is 7.72. The molecule has 140 valence electrons. The Kier molecular flexibility index (Phi) is 5.58. The average Bonchev–Trinajstić information content (AvgIpc) is 2.63. The summed E-state index contributed by atoms with van der Waals surface area (Å²) in [6.45, 7) is 4.47. The number of sulfone groups is 1. The smallest absolute Gasteiger partial charge is 0.225 e. The first kappa shape index (κ1) is 18.8. The summed E-state index contributed by atoms with van der Waals surface area (Å²) < 4.78 is 24.4. The fourth-order valence-corrected chi connectivity index (χ4v) is 4.17. The standard InChI is InChI=1S/C19H26N4O2S/c1-14-7-4-5-8-16(14)13-23(2)19-21-12-17(26(3,24)25)18(22-19)15-9-6-10-20-11-15/h4-5,7-8,12,15,20H,6,9-11,13H2,1-3H3/t15-/m1/s1. The minimum Gasteiger partial charge on any atom is -0.340 e. The molecule has 6 nitrogen and oxygen atoms in total. The van der Waals surface area contributed by atoms with Crippen LogP contribution in [0.1, 0.15) is 35.6 Å². The van der Waals surface area contributed by atoms with Gasteiger partial charge in [-0.1, -0.05) is 24.3 Å². The first-order valence-corrected chi connectivity index (χ1v) is 10.8. The molecule has 1 atom stereocenters. The highest BCUT2D eigenvalue weighted by atomic mass is 32.2. The fraction of sp³-hybridized carbons (Fsp3) is 0.474. The molecule has 0 unspecified atom stereocenters. The molecule has 0 aliphatic carbocycles. The van der Waals surface area contributed by atoms with E-state index in [-0.39, 0.29) is 10.8 Å². The maximum absolute atomic E-state index is 12.2. The van der Waals surface area contributed by atoms with Crippen molar-refractivity contribution in [2.75, 3.05) is 31.3 Å². The van der Waals surface area contributed by atoms with E-state index in [2.05, 4.69) is 34.3 Å². The highest BCUT2D eigenvalue weighted by molar-refractivity contribution is 7.90. The van der Waals surface area contributed by atoms with Crippen LogP contribution >= 0.6 is 0 Å². The van der Waals surface area contributed by atoms with Gasteiger partial charge in [0.1, 0.15) is 4.90 Å². The lowest BCUT2D eigenvalue weighted by Crippen LogP contribution is -2.30. The van der Waals surface area contributed by atoms with Gasteiger partial charge in [0.05, 0.1) is 11.9 Å². The van der Waals surface area contributed by atoms with Crippen molar-refractivity contribution in [3.05, 3.63) is 47.3 Å². The van der Waals surface area contributed by atoms with Gasteiger partial charge in [-0.25, -0.2) is 18.4 Å². The number of piperidine rings is 1. The lowest BCUT2D eigenvalue weighted by atomic mass is 9.96. The topological polar surface area (TPSA) is 75.2 Å². The summed E-state index contributed by atoms with van der Waals surface area (Å²) in [5.74, 6) is 0.656. The van der Waals surface area contributed by atoms with Gasteiger partial charge in [0.25, 0.3) is 0 Å². The third-order valence-corrected chi connectivity index (χ3v) is 5.98. The molecule has 0 saturated carbocycles. The summed E-state index contributed by atoms with van der Waals surface area (Å²) in [4.78, 5) is 11.2. The number of aryl methyl sites for hydroxylation is 1. The molecule has 0 spiro atoms. The SMILES string of the molecule is Cc1ccccc1CN(C)c1ncc(S(C)(=O)=O)c([C@@H]2CCCNC2)n1. The Morgan fingerprint density at radius 1 is 1.31 bits per heavy atom. The van der Waals surface area contributed by atoms with Crippen molar-refractivity contribution in [3.8, 4) is 0 Å². The predicted molar refractivity (Wildman–Crippen MR) is 103 cm³/mol. The van der Waals surface area contributed by atoms with Crippen LogP contribution in [0, 0.1) is 6.92 Å². The Morgan fingerprint density at radius 2 is 2.08 bits per heavy atom. The number of benzene rings is 1. The lowest BCUT2D eigenvalue weighted by Gasteiger charge is -2.25. The Bertz CT molecular complexity index is 877. The first-order valence-electron chi connectivity index (χ1n) is 8.89. The molecular weight excluding hydrogens is 348 g/mol. The minimum absolute atomic E-state index is 0.0992. The highest BCUT2D eigenvalue weighted by Gasteiger charge is 2.26. The van der Waals surface area contributed by atoms with Crippen LogP contribution in [0.2, 0.25) is 0 Å². The molecule has 1 aromatic heterocycles. The van der Waals surface area contributed by atoms with E-state index in [1.165, 1.54) is 23.6 Å². The van der Waals surface area contributed by atoms with Crippen LogP contribution in [0.15, 0.2) is 35.4 Å². The van der Waals surface area contributed by atoms with E-state index in [9.17, 15) is 8.42 Å². The molecule has 0 amide bonds. The molecule has 1 fully saturated rings. The van der Waals surface area contributed by atoms with Gasteiger partial charge in [0, 0.05) is 32.3 Å². The summed E-state index contributed by atoms with van der Waals surface area (Å²) in [6.07, 6.45) is 4.65. The largest absolute Gasteiger partial charge is 0.340 e. The van der Waals surface area contributed by atoms with Gasteiger partial charge in [-0.15, -0.1) is 0 Å². The van der Waals surface area contributed by atoms with Crippen molar-refractivity contribution >= 4 is 15.8 Å². The third kappa shape index (κ3) is 4.22. The second-order valence-corrected chi connectivity index (χ2v) is 9.00. The van der Waals surface area contributed by atoms with Crippen LogP contribution in [-0.4, -0.2) is 44.8 Å². The molecule has 0 bridgehead atoms. The van der Waals surface area contributed by atoms with Gasteiger partial charge >= 0.3 is 0 Å². The third-order valence-electron chi connectivity index (χ3n) is 4.86. The van der Waals surface area contributed by atoms with Crippen molar-refractivity contribution < 1.29 is 8.42 Å². The Hall–Kier alpha value is -1.99. The first-order chi connectivity index (χ1) is 12.4. The summed E-state index contributed by atoms with van der Waals surface area (Å²) >= 11 is 0. The number of hydrogen-bond donors (Lipinski definition) is 1. The summed E-state index contributed by atoms with van der Waals surface area (Å²) in [6, 6.07) is 8.20. The summed E-state index contributed by atoms with van der Waals surface area (Å²) in [5, 5.41) is 3.34. The van der Waals surface area contributed by atoms with E-state index in [4.69, 9.17) is 0 Å². The molecular formula is C19H26N4O2S. The zero-order chi connectivity index (χ0) is 18.7. The molecule has 2 heterocycles. The molecule has 7 heteroatoms. The van der Waals surface area contributed by atoms with Gasteiger partial charge in [-0.3, -0.25) is 0 Å². The van der Waals surface area contributed by atoms with Gasteiger partial charge in [-0.2, -0.15) is 0 Å². The van der Waals surface area contributed by atoms with E-state index in [0.717, 1.165) is 25.9 Å². The quantitative estimate of drug-likeness (QED) is 0.865. The number of rotatable bonds is 5. The summed E-state index contributed by atoms with van der Waals surface area (Å²) in [7, 11) is -1.43. The van der Waals surface area contributed by atoms with E-state index >= 15 is 0 Å². The highest BCUT2D eigenvalue weighted by Crippen LogP contribution is 2.28. The maximum atomic E-state index is 12.2. The molecule has 3 rings (SSSR count). The van der Waals surface area contributed by atoms with Gasteiger partial charge in [0.15, 0.2) is 9.84 Å². The predicted octanol–water partition coefficient (Wildman–Crippen LogP) is 2.29. The second-order valence-electron chi connectivity index (χ2n) is 7.02. The molecule has 0 radical (unpaired) electrons. The zero-order valence-corrected chi connectivity index (χ0v) is 16.4. The van der Waals surface area contributed by atoms with Gasteiger partial charge in [0.2, 0.25) is 5.95 Å². The zero-order valence-electron chi connectivity index (χ0n) is 15.6. The molecule has 1 N–H and O–H groups in total.